The van der Waals surface area contributed by atoms with Gasteiger partial charge in [0, 0.05) is 12.1 Å². The highest BCUT2D eigenvalue weighted by Crippen LogP contribution is 2.28. The number of aromatic nitrogens is 1. The minimum Gasteiger partial charge on any atom is -0.496 e. The van der Waals surface area contributed by atoms with Crippen molar-refractivity contribution in [2.75, 3.05) is 7.11 Å². The number of carbonyl (C=O) groups excluding carboxylic acids is 1. The Hall–Kier alpha value is -4.23. The summed E-state index contributed by atoms with van der Waals surface area (Å²) in [6.45, 7) is 4.78. The highest BCUT2D eigenvalue weighted by atomic mass is 32.1. The van der Waals surface area contributed by atoms with Gasteiger partial charge in [-0.25, -0.2) is 4.98 Å². The molecule has 0 saturated heterocycles. The summed E-state index contributed by atoms with van der Waals surface area (Å²) in [6.07, 6.45) is 0. The van der Waals surface area contributed by atoms with Gasteiger partial charge in [0.1, 0.15) is 11.3 Å². The molecule has 5 rings (SSSR count). The second kappa shape index (κ2) is 10.4. The van der Waals surface area contributed by atoms with Crippen LogP contribution in [0.4, 0.5) is 0 Å². The van der Waals surface area contributed by atoms with E-state index in [4.69, 9.17) is 21.4 Å². The van der Waals surface area contributed by atoms with Crippen molar-refractivity contribution in [2.45, 2.75) is 26.3 Å². The molecular weight excluding hydrogens is 482 g/mol. The third-order valence-electron chi connectivity index (χ3n) is 6.27. The summed E-state index contributed by atoms with van der Waals surface area (Å²) < 4.78 is 11.4. The number of hydrogen-bond acceptors (Lipinski definition) is 5. The van der Waals surface area contributed by atoms with Gasteiger partial charge in [0.2, 0.25) is 5.89 Å². The van der Waals surface area contributed by atoms with E-state index < -0.39 is 0 Å². The van der Waals surface area contributed by atoms with E-state index in [2.05, 4.69) is 41.6 Å². The first-order valence-corrected chi connectivity index (χ1v) is 12.5. The maximum absolute atomic E-state index is 12.9. The average molecular weight is 510 g/mol. The number of ether oxygens (including phenoxy) is 1. The van der Waals surface area contributed by atoms with Gasteiger partial charge in [0.05, 0.1) is 12.7 Å². The number of thiocarbonyl (C=S) groups is 1. The maximum Gasteiger partial charge on any atom is 0.261 e. The molecule has 0 aliphatic rings. The van der Waals surface area contributed by atoms with E-state index >= 15 is 0 Å². The molecule has 5 aromatic rings. The van der Waals surface area contributed by atoms with E-state index in [9.17, 15) is 4.79 Å². The van der Waals surface area contributed by atoms with Gasteiger partial charge < -0.3 is 14.5 Å². The molecule has 0 fully saturated rings. The van der Waals surface area contributed by atoms with Crippen LogP contribution in [0, 0.1) is 0 Å². The van der Waals surface area contributed by atoms with E-state index in [1.165, 1.54) is 5.56 Å². The largest absolute Gasteiger partial charge is 0.496 e. The summed E-state index contributed by atoms with van der Waals surface area (Å²) >= 11 is 5.36. The normalized spacial score (nSPS) is 11.1. The van der Waals surface area contributed by atoms with Crippen LogP contribution in [-0.4, -0.2) is 23.1 Å². The summed E-state index contributed by atoms with van der Waals surface area (Å²) in [7, 11) is 1.55. The Balaban J connectivity index is 1.22. The third-order valence-corrected chi connectivity index (χ3v) is 6.52. The maximum atomic E-state index is 12.9. The lowest BCUT2D eigenvalue weighted by atomic mass is 10.0. The van der Waals surface area contributed by atoms with Gasteiger partial charge in [-0.2, -0.15) is 0 Å². The highest BCUT2D eigenvalue weighted by Gasteiger charge is 2.15. The predicted octanol–water partition coefficient (Wildman–Crippen LogP) is 6.58. The molecule has 0 aliphatic heterocycles. The number of rotatable bonds is 6. The molecule has 37 heavy (non-hydrogen) atoms. The molecule has 4 aromatic carbocycles. The SMILES string of the molecule is COc1cc2ccccc2cc1C(=O)NC(=S)NCc1ccc(-c2nc3cc(C(C)C)ccc3o2)cc1. The highest BCUT2D eigenvalue weighted by molar-refractivity contribution is 7.80. The van der Waals surface area contributed by atoms with Gasteiger partial charge >= 0.3 is 0 Å². The lowest BCUT2D eigenvalue weighted by Gasteiger charge is -2.13. The smallest absolute Gasteiger partial charge is 0.261 e. The minimum absolute atomic E-state index is 0.240. The number of benzene rings is 4. The van der Waals surface area contributed by atoms with Crippen molar-refractivity contribution in [1.29, 1.82) is 0 Å². The molecule has 0 aliphatic carbocycles. The lowest BCUT2D eigenvalue weighted by Crippen LogP contribution is -2.39. The first kappa shape index (κ1) is 24.5. The molecular formula is C30H27N3O3S. The number of methoxy groups -OCH3 is 1. The fourth-order valence-corrected chi connectivity index (χ4v) is 4.32. The second-order valence-corrected chi connectivity index (χ2v) is 9.54. The quantitative estimate of drug-likeness (QED) is 0.252. The van der Waals surface area contributed by atoms with Gasteiger partial charge in [-0.05, 0) is 76.4 Å². The standard InChI is InChI=1S/C30H27N3O3S/c1-18(2)21-12-13-26-25(15-21)32-29(36-26)20-10-8-19(9-11-20)17-31-30(37)33-28(34)24-14-22-6-4-5-7-23(22)16-27(24)35-3/h4-16,18H,17H2,1-3H3,(H2,31,33,34,37). The second-order valence-electron chi connectivity index (χ2n) is 9.13. The topological polar surface area (TPSA) is 76.4 Å². The zero-order chi connectivity index (χ0) is 25.9. The van der Waals surface area contributed by atoms with E-state index in [0.717, 1.165) is 33.0 Å². The number of hydrogen-bond donors (Lipinski definition) is 2. The summed E-state index contributed by atoms with van der Waals surface area (Å²) in [5.41, 5.74) is 5.18. The fourth-order valence-electron chi connectivity index (χ4n) is 4.15. The molecule has 6 nitrogen and oxygen atoms in total. The van der Waals surface area contributed by atoms with Crippen molar-refractivity contribution in [1.82, 2.24) is 15.6 Å². The number of carbonyl (C=O) groups is 1. The van der Waals surface area contributed by atoms with E-state index in [-0.39, 0.29) is 11.0 Å². The number of nitrogens with one attached hydrogen (secondary N) is 2. The van der Waals surface area contributed by atoms with Crippen molar-refractivity contribution in [3.05, 3.63) is 95.6 Å². The van der Waals surface area contributed by atoms with Crippen molar-refractivity contribution in [3.8, 4) is 17.2 Å². The van der Waals surface area contributed by atoms with Gasteiger partial charge in [0.15, 0.2) is 10.7 Å². The summed E-state index contributed by atoms with van der Waals surface area (Å²) in [6, 6.07) is 25.5. The van der Waals surface area contributed by atoms with Crippen LogP contribution in [0.2, 0.25) is 0 Å². The Kier molecular flexibility index (Phi) is 6.88. The van der Waals surface area contributed by atoms with E-state index in [1.807, 2.05) is 60.7 Å². The minimum atomic E-state index is -0.327. The van der Waals surface area contributed by atoms with Gasteiger partial charge in [-0.15, -0.1) is 0 Å². The molecule has 0 saturated carbocycles. The molecule has 1 heterocycles. The van der Waals surface area contributed by atoms with Gasteiger partial charge in [0.25, 0.3) is 5.91 Å². The molecule has 0 spiro atoms. The molecule has 2 N–H and O–H groups in total. The molecule has 0 radical (unpaired) electrons. The molecule has 7 heteroatoms. The van der Waals surface area contributed by atoms with Crippen LogP contribution in [-0.2, 0) is 6.54 Å². The van der Waals surface area contributed by atoms with Crippen molar-refractivity contribution < 1.29 is 13.9 Å². The van der Waals surface area contributed by atoms with Crippen LogP contribution in [0.3, 0.4) is 0 Å². The molecule has 0 bridgehead atoms. The Morgan fingerprint density at radius 3 is 2.43 bits per heavy atom. The number of oxazole rings is 1. The van der Waals surface area contributed by atoms with Gasteiger partial charge in [-0.1, -0.05) is 56.3 Å². The molecule has 0 unspecified atom stereocenters. The molecule has 1 amide bonds. The van der Waals surface area contributed by atoms with Crippen LogP contribution in [0.15, 0.2) is 83.3 Å². The van der Waals surface area contributed by atoms with E-state index in [1.54, 1.807) is 13.2 Å². The Labute approximate surface area is 220 Å². The Bertz CT molecular complexity index is 1610. The van der Waals surface area contributed by atoms with Crippen LogP contribution < -0.4 is 15.4 Å². The van der Waals surface area contributed by atoms with Crippen LogP contribution in [0.5, 0.6) is 5.75 Å². The third kappa shape index (κ3) is 5.32. The number of fused-ring (bicyclic) bond motifs is 2. The van der Waals surface area contributed by atoms with Crippen LogP contribution >= 0.6 is 12.2 Å². The molecule has 1 aromatic heterocycles. The predicted molar refractivity (Wildman–Crippen MR) is 151 cm³/mol. The zero-order valence-corrected chi connectivity index (χ0v) is 21.7. The Morgan fingerprint density at radius 2 is 1.73 bits per heavy atom. The van der Waals surface area contributed by atoms with Crippen molar-refractivity contribution >= 4 is 45.1 Å². The number of nitrogens with zero attached hydrogens (tertiary/aromatic N) is 1. The average Bonchev–Trinajstić information content (AvgIpc) is 3.35. The zero-order valence-electron chi connectivity index (χ0n) is 20.9. The van der Waals surface area contributed by atoms with Crippen molar-refractivity contribution in [3.63, 3.8) is 0 Å². The monoisotopic (exact) mass is 509 g/mol. The van der Waals surface area contributed by atoms with E-state index in [0.29, 0.717) is 29.7 Å². The van der Waals surface area contributed by atoms with Gasteiger partial charge in [-0.3, -0.25) is 10.1 Å². The fraction of sp³-hybridized carbons (Fsp3) is 0.167. The number of amides is 1. The Morgan fingerprint density at radius 1 is 1.00 bits per heavy atom. The van der Waals surface area contributed by atoms with Crippen LogP contribution in [0.25, 0.3) is 33.3 Å². The van der Waals surface area contributed by atoms with Crippen LogP contribution in [0.1, 0.15) is 41.3 Å². The van der Waals surface area contributed by atoms with Crippen molar-refractivity contribution in [2.24, 2.45) is 0 Å². The summed E-state index contributed by atoms with van der Waals surface area (Å²) in [5.74, 6) is 1.19. The first-order valence-electron chi connectivity index (χ1n) is 12.1. The summed E-state index contributed by atoms with van der Waals surface area (Å²) in [5, 5.41) is 8.03. The lowest BCUT2D eigenvalue weighted by molar-refractivity contribution is 0.0974. The molecule has 0 atom stereocenters. The summed E-state index contributed by atoms with van der Waals surface area (Å²) in [4.78, 5) is 17.6. The first-order chi connectivity index (χ1) is 17.9. The molecule has 186 valence electrons.